The van der Waals surface area contributed by atoms with Crippen molar-refractivity contribution >= 4 is 41.5 Å². The van der Waals surface area contributed by atoms with Gasteiger partial charge in [-0.1, -0.05) is 35.9 Å². The van der Waals surface area contributed by atoms with E-state index in [9.17, 15) is 0 Å². The highest BCUT2D eigenvalue weighted by molar-refractivity contribution is 14.0. The fourth-order valence-corrected chi connectivity index (χ4v) is 3.33. The van der Waals surface area contributed by atoms with Crippen molar-refractivity contribution in [3.8, 4) is 5.75 Å². The lowest BCUT2D eigenvalue weighted by Crippen LogP contribution is -2.38. The number of aryl methyl sites for hydroxylation is 1. The third kappa shape index (κ3) is 7.68. The third-order valence-electron chi connectivity index (χ3n) is 4.67. The van der Waals surface area contributed by atoms with Gasteiger partial charge in [0.15, 0.2) is 5.96 Å². The van der Waals surface area contributed by atoms with Crippen molar-refractivity contribution < 1.29 is 9.47 Å². The molecule has 1 heterocycles. The second-order valence-corrected chi connectivity index (χ2v) is 7.38. The van der Waals surface area contributed by atoms with Gasteiger partial charge < -0.3 is 20.1 Å². The third-order valence-corrected chi connectivity index (χ3v) is 4.90. The maximum absolute atomic E-state index is 6.17. The summed E-state index contributed by atoms with van der Waals surface area (Å²) >= 11 is 6.04. The summed E-state index contributed by atoms with van der Waals surface area (Å²) in [5, 5.41) is 7.48. The molecule has 2 aromatic carbocycles. The van der Waals surface area contributed by atoms with Gasteiger partial charge in [-0.2, -0.15) is 0 Å². The van der Waals surface area contributed by atoms with E-state index in [0.717, 1.165) is 48.3 Å². The second-order valence-electron chi connectivity index (χ2n) is 6.95. The van der Waals surface area contributed by atoms with Crippen LogP contribution in [0.25, 0.3) is 0 Å². The molecule has 1 aliphatic heterocycles. The Morgan fingerprint density at radius 3 is 2.83 bits per heavy atom. The molecule has 2 aromatic rings. The number of aliphatic imine (C=N–C) groups is 1. The summed E-state index contributed by atoms with van der Waals surface area (Å²) in [4.78, 5) is 4.31. The monoisotopic (exact) mass is 529 g/mol. The van der Waals surface area contributed by atoms with Crippen LogP contribution >= 0.6 is 35.6 Å². The largest absolute Gasteiger partial charge is 0.488 e. The Hall–Kier alpha value is -1.51. The normalized spacial score (nSPS) is 16.2. The predicted octanol–water partition coefficient (Wildman–Crippen LogP) is 4.34. The van der Waals surface area contributed by atoms with Crippen molar-refractivity contribution in [2.24, 2.45) is 4.99 Å². The van der Waals surface area contributed by atoms with Crippen LogP contribution in [0, 0.1) is 6.92 Å². The van der Waals surface area contributed by atoms with Crippen molar-refractivity contribution in [2.75, 3.05) is 26.8 Å². The molecule has 1 unspecified atom stereocenters. The van der Waals surface area contributed by atoms with Gasteiger partial charge in [-0.25, -0.2) is 0 Å². The lowest BCUT2D eigenvalue weighted by atomic mass is 10.1. The van der Waals surface area contributed by atoms with Gasteiger partial charge in [-0.3, -0.25) is 4.99 Å². The highest BCUT2D eigenvalue weighted by atomic mass is 127. The predicted molar refractivity (Wildman–Crippen MR) is 130 cm³/mol. The van der Waals surface area contributed by atoms with Crippen LogP contribution in [0.5, 0.6) is 5.75 Å². The fraction of sp³-hybridized carbons (Fsp3) is 0.409. The smallest absolute Gasteiger partial charge is 0.191 e. The van der Waals surface area contributed by atoms with Crippen LogP contribution in [-0.2, 0) is 17.7 Å². The lowest BCUT2D eigenvalue weighted by molar-refractivity contribution is 0.140. The number of ether oxygens (including phenoxy) is 2. The Balaban J connectivity index is 0.00000300. The first kappa shape index (κ1) is 23.8. The minimum absolute atomic E-state index is 0. The first-order chi connectivity index (χ1) is 13.6. The molecule has 0 amide bonds. The van der Waals surface area contributed by atoms with Gasteiger partial charge in [0.05, 0.1) is 13.2 Å². The minimum Gasteiger partial charge on any atom is -0.488 e. The number of halogens is 2. The number of hydrogen-bond donors (Lipinski definition) is 2. The molecule has 0 aromatic heterocycles. The van der Waals surface area contributed by atoms with Gasteiger partial charge >= 0.3 is 0 Å². The number of benzene rings is 2. The van der Waals surface area contributed by atoms with Crippen LogP contribution in [0.1, 0.15) is 23.1 Å². The highest BCUT2D eigenvalue weighted by Gasteiger charge is 2.18. The summed E-state index contributed by atoms with van der Waals surface area (Å²) in [6.45, 7) is 4.92. The summed E-state index contributed by atoms with van der Waals surface area (Å²) in [5.41, 5.74) is 3.49. The number of rotatable bonds is 7. The van der Waals surface area contributed by atoms with E-state index >= 15 is 0 Å². The molecule has 2 N–H and O–H groups in total. The van der Waals surface area contributed by atoms with E-state index in [-0.39, 0.29) is 30.1 Å². The molecular weight excluding hydrogens is 501 g/mol. The van der Waals surface area contributed by atoms with Crippen LogP contribution in [-0.4, -0.2) is 38.9 Å². The Kier molecular flexibility index (Phi) is 10.0. The standard InChI is InChI=1S/C22H28ClN3O2.HI/c1-16-6-7-18(21(12-16)28-20-9-11-27-15-20)14-26-22(24-2)25-10-8-17-4-3-5-19(23)13-17;/h3-7,12-13,20H,8-11,14-15H2,1-2H3,(H2,24,25,26);1H. The van der Waals surface area contributed by atoms with Gasteiger partial charge in [-0.05, 0) is 42.7 Å². The van der Waals surface area contributed by atoms with Crippen molar-refractivity contribution in [3.05, 3.63) is 64.2 Å². The van der Waals surface area contributed by atoms with Gasteiger partial charge in [0.25, 0.3) is 0 Å². The SMILES string of the molecule is CN=C(NCCc1cccc(Cl)c1)NCc1ccc(C)cc1OC1CCOC1.I. The maximum atomic E-state index is 6.17. The summed E-state index contributed by atoms with van der Waals surface area (Å²) in [6.07, 6.45) is 1.95. The Bertz CT molecular complexity index is 810. The van der Waals surface area contributed by atoms with E-state index in [0.29, 0.717) is 13.2 Å². The molecule has 3 rings (SSSR count). The van der Waals surface area contributed by atoms with Gasteiger partial charge in [-0.15, -0.1) is 24.0 Å². The first-order valence-corrected chi connectivity index (χ1v) is 10.0. The van der Waals surface area contributed by atoms with Gasteiger partial charge in [0.1, 0.15) is 11.9 Å². The van der Waals surface area contributed by atoms with Crippen molar-refractivity contribution in [2.45, 2.75) is 32.4 Å². The molecule has 0 saturated carbocycles. The number of nitrogens with zero attached hydrogens (tertiary/aromatic N) is 1. The summed E-state index contributed by atoms with van der Waals surface area (Å²) in [7, 11) is 1.77. The van der Waals surface area contributed by atoms with Crippen LogP contribution < -0.4 is 15.4 Å². The molecule has 1 fully saturated rings. The lowest BCUT2D eigenvalue weighted by Gasteiger charge is -2.18. The van der Waals surface area contributed by atoms with E-state index in [1.807, 2.05) is 18.2 Å². The quantitative estimate of drug-likeness (QED) is 0.318. The average molecular weight is 530 g/mol. The fourth-order valence-electron chi connectivity index (χ4n) is 3.12. The van der Waals surface area contributed by atoms with Crippen LogP contribution in [0.15, 0.2) is 47.5 Å². The molecular formula is C22H29ClIN3O2. The summed E-state index contributed by atoms with van der Waals surface area (Å²) in [6, 6.07) is 14.2. The number of nitrogens with one attached hydrogen (secondary N) is 2. The van der Waals surface area contributed by atoms with E-state index in [4.69, 9.17) is 21.1 Å². The van der Waals surface area contributed by atoms with Crippen molar-refractivity contribution in [1.29, 1.82) is 0 Å². The molecule has 0 aliphatic carbocycles. The van der Waals surface area contributed by atoms with E-state index < -0.39 is 0 Å². The Labute approximate surface area is 195 Å². The van der Waals surface area contributed by atoms with E-state index in [2.05, 4.69) is 46.8 Å². The zero-order chi connectivity index (χ0) is 19.8. The highest BCUT2D eigenvalue weighted by Crippen LogP contribution is 2.23. The Morgan fingerprint density at radius 2 is 2.10 bits per heavy atom. The van der Waals surface area contributed by atoms with E-state index in [1.54, 1.807) is 7.05 Å². The summed E-state index contributed by atoms with van der Waals surface area (Å²) in [5.74, 6) is 1.68. The molecule has 158 valence electrons. The van der Waals surface area contributed by atoms with Crippen LogP contribution in [0.4, 0.5) is 0 Å². The first-order valence-electron chi connectivity index (χ1n) is 9.67. The Morgan fingerprint density at radius 1 is 1.24 bits per heavy atom. The maximum Gasteiger partial charge on any atom is 0.191 e. The number of hydrogen-bond acceptors (Lipinski definition) is 3. The van der Waals surface area contributed by atoms with Gasteiger partial charge in [0.2, 0.25) is 0 Å². The molecule has 0 radical (unpaired) electrons. The zero-order valence-corrected chi connectivity index (χ0v) is 20.0. The topological polar surface area (TPSA) is 54.9 Å². The average Bonchev–Trinajstić information content (AvgIpc) is 3.19. The molecule has 29 heavy (non-hydrogen) atoms. The molecule has 0 bridgehead atoms. The zero-order valence-electron chi connectivity index (χ0n) is 16.9. The number of guanidine groups is 1. The molecule has 0 spiro atoms. The van der Waals surface area contributed by atoms with Crippen LogP contribution in [0.3, 0.4) is 0 Å². The minimum atomic E-state index is 0. The molecule has 1 saturated heterocycles. The molecule has 1 atom stereocenters. The molecule has 7 heteroatoms. The molecule has 5 nitrogen and oxygen atoms in total. The van der Waals surface area contributed by atoms with E-state index in [1.165, 1.54) is 11.1 Å². The van der Waals surface area contributed by atoms with Crippen molar-refractivity contribution in [3.63, 3.8) is 0 Å². The van der Waals surface area contributed by atoms with Crippen LogP contribution in [0.2, 0.25) is 5.02 Å². The second kappa shape index (κ2) is 12.2. The van der Waals surface area contributed by atoms with Crippen molar-refractivity contribution in [1.82, 2.24) is 10.6 Å². The van der Waals surface area contributed by atoms with Gasteiger partial charge in [0, 0.05) is 37.1 Å². The summed E-state index contributed by atoms with van der Waals surface area (Å²) < 4.78 is 11.6. The molecule has 1 aliphatic rings.